The third-order valence-electron chi connectivity index (χ3n) is 6.49. The lowest BCUT2D eigenvalue weighted by molar-refractivity contribution is -0.384. The van der Waals surface area contributed by atoms with E-state index in [-0.39, 0.29) is 47.0 Å². The average molecular weight is 549 g/mol. The van der Waals surface area contributed by atoms with Crippen molar-refractivity contribution in [2.75, 3.05) is 17.2 Å². The number of nitrogens with zero attached hydrogens (tertiary/aromatic N) is 3. The van der Waals surface area contributed by atoms with Gasteiger partial charge >= 0.3 is 12.0 Å². The third-order valence-corrected chi connectivity index (χ3v) is 6.49. The molecule has 3 aromatic rings. The van der Waals surface area contributed by atoms with Crippen molar-refractivity contribution in [3.8, 4) is 5.75 Å². The van der Waals surface area contributed by atoms with Crippen molar-refractivity contribution in [2.24, 2.45) is 5.92 Å². The monoisotopic (exact) mass is 548 g/mol. The average Bonchev–Trinajstić information content (AvgIpc) is 2.90. The topological polar surface area (TPSA) is 114 Å². The maximum atomic E-state index is 13.4. The molecule has 1 aliphatic carbocycles. The van der Waals surface area contributed by atoms with E-state index in [1.54, 1.807) is 12.1 Å². The van der Waals surface area contributed by atoms with Gasteiger partial charge in [-0.2, -0.15) is 4.98 Å². The van der Waals surface area contributed by atoms with E-state index in [9.17, 15) is 27.7 Å². The Morgan fingerprint density at radius 1 is 1.03 bits per heavy atom. The summed E-state index contributed by atoms with van der Waals surface area (Å²) >= 11 is 0. The van der Waals surface area contributed by atoms with E-state index in [0.717, 1.165) is 37.4 Å². The van der Waals surface area contributed by atoms with Gasteiger partial charge in [0.2, 0.25) is 11.8 Å². The fourth-order valence-electron chi connectivity index (χ4n) is 4.49. The molecule has 0 unspecified atom stereocenters. The number of para-hydroxylation sites is 1. The Morgan fingerprint density at radius 3 is 2.51 bits per heavy atom. The van der Waals surface area contributed by atoms with Crippen LogP contribution in [0.3, 0.4) is 0 Å². The Hall–Kier alpha value is -4.00. The summed E-state index contributed by atoms with van der Waals surface area (Å²) < 4.78 is 55.5. The van der Waals surface area contributed by atoms with Gasteiger partial charge in [0.25, 0.3) is 0 Å². The maximum absolute atomic E-state index is 13.4. The molecule has 208 valence electrons. The first-order valence-corrected chi connectivity index (χ1v) is 12.5. The summed E-state index contributed by atoms with van der Waals surface area (Å²) in [6.07, 6.45) is -0.155. The van der Waals surface area contributed by atoms with Crippen LogP contribution in [0.2, 0.25) is 0 Å². The summed E-state index contributed by atoms with van der Waals surface area (Å²) in [4.78, 5) is 19.1. The zero-order valence-corrected chi connectivity index (χ0v) is 20.9. The van der Waals surface area contributed by atoms with E-state index in [1.807, 2.05) is 6.07 Å². The first-order chi connectivity index (χ1) is 18.7. The van der Waals surface area contributed by atoms with Crippen LogP contribution in [-0.4, -0.2) is 33.8 Å². The van der Waals surface area contributed by atoms with Gasteiger partial charge in [-0.15, -0.1) is 13.2 Å². The van der Waals surface area contributed by atoms with Gasteiger partial charge in [-0.1, -0.05) is 30.3 Å². The molecule has 9 nitrogen and oxygen atoms in total. The molecule has 4 rings (SSSR count). The predicted octanol–water partition coefficient (Wildman–Crippen LogP) is 5.80. The summed E-state index contributed by atoms with van der Waals surface area (Å²) in [5, 5.41) is 20.8. The molecule has 0 aliphatic heterocycles. The molecule has 1 heterocycles. The second-order valence-electron chi connectivity index (χ2n) is 9.30. The van der Waals surface area contributed by atoms with Gasteiger partial charge < -0.3 is 20.7 Å². The Balaban J connectivity index is 1.31. The van der Waals surface area contributed by atoms with E-state index in [4.69, 9.17) is 0 Å². The lowest BCUT2D eigenvalue weighted by atomic mass is 9.86. The summed E-state index contributed by atoms with van der Waals surface area (Å²) in [6.45, 7) is 0.966. The molecule has 0 saturated heterocycles. The Labute approximate surface area is 222 Å². The van der Waals surface area contributed by atoms with E-state index >= 15 is 0 Å². The second kappa shape index (κ2) is 12.7. The van der Waals surface area contributed by atoms with Crippen LogP contribution in [0.1, 0.15) is 36.8 Å². The van der Waals surface area contributed by atoms with E-state index in [1.165, 1.54) is 30.3 Å². The number of alkyl halides is 3. The number of rotatable bonds is 11. The summed E-state index contributed by atoms with van der Waals surface area (Å²) in [7, 11) is 0. The van der Waals surface area contributed by atoms with Gasteiger partial charge in [-0.3, -0.25) is 10.1 Å². The molecule has 1 fully saturated rings. The molecule has 1 saturated carbocycles. The molecule has 0 spiro atoms. The second-order valence-corrected chi connectivity index (χ2v) is 9.30. The third kappa shape index (κ3) is 8.50. The summed E-state index contributed by atoms with van der Waals surface area (Å²) in [5.41, 5.74) is 0.802. The quantitative estimate of drug-likeness (QED) is 0.157. The molecular formula is C26H28F4N6O3. The normalized spacial score (nSPS) is 17.4. The molecule has 1 aromatic heterocycles. The number of nitrogens with one attached hydrogen (secondary N) is 3. The Morgan fingerprint density at radius 2 is 1.79 bits per heavy atom. The van der Waals surface area contributed by atoms with E-state index < -0.39 is 11.3 Å². The van der Waals surface area contributed by atoms with Gasteiger partial charge in [-0.05, 0) is 55.4 Å². The minimum absolute atomic E-state index is 0.0233. The molecular weight excluding hydrogens is 520 g/mol. The fourth-order valence-corrected chi connectivity index (χ4v) is 4.49. The van der Waals surface area contributed by atoms with Gasteiger partial charge in [0, 0.05) is 31.2 Å². The highest BCUT2D eigenvalue weighted by Crippen LogP contribution is 2.29. The molecule has 0 radical (unpaired) electrons. The number of hydrogen-bond acceptors (Lipinski definition) is 8. The largest absolute Gasteiger partial charge is 0.573 e. The van der Waals surface area contributed by atoms with Crippen molar-refractivity contribution in [3.05, 3.63) is 81.8 Å². The molecule has 3 N–H and O–H groups in total. The maximum Gasteiger partial charge on any atom is 0.573 e. The molecule has 0 bridgehead atoms. The minimum Gasteiger partial charge on any atom is -0.405 e. The van der Waals surface area contributed by atoms with Crippen molar-refractivity contribution in [3.63, 3.8) is 0 Å². The van der Waals surface area contributed by atoms with Gasteiger partial charge in [0.05, 0.1) is 4.92 Å². The Bertz CT molecular complexity index is 1270. The van der Waals surface area contributed by atoms with Gasteiger partial charge in [0.15, 0.2) is 0 Å². The highest BCUT2D eigenvalue weighted by atomic mass is 19.4. The molecule has 13 heteroatoms. The van der Waals surface area contributed by atoms with Crippen LogP contribution in [-0.2, 0) is 13.1 Å². The predicted molar refractivity (Wildman–Crippen MR) is 137 cm³/mol. The molecule has 0 amide bonds. The van der Waals surface area contributed by atoms with Crippen molar-refractivity contribution in [2.45, 2.75) is 51.2 Å². The first-order valence-electron chi connectivity index (χ1n) is 12.5. The number of halogens is 4. The fraction of sp³-hybridized carbons (Fsp3) is 0.385. The SMILES string of the molecule is O=[N+]([O-])c1cnc(NCc2ccccc2OC(F)(F)F)nc1NC[C@H]1CC[C@H](NCc2cccc(F)c2)CC1. The number of hydrogen-bond donors (Lipinski definition) is 3. The van der Waals surface area contributed by atoms with Crippen LogP contribution >= 0.6 is 0 Å². The standard InChI is InChI=1S/C26H28F4N6O3/c27-20-6-3-4-18(12-20)14-31-21-10-8-17(9-11-21)13-32-24-22(36(37)38)16-34-25(35-24)33-15-19-5-1-2-7-23(19)39-26(28,29)30/h1-7,12,16-17,21,31H,8-11,13-15H2,(H2,32,33,34,35)/t17-,21-. The van der Waals surface area contributed by atoms with Crippen molar-refractivity contribution in [1.82, 2.24) is 15.3 Å². The summed E-state index contributed by atoms with van der Waals surface area (Å²) in [6, 6.07) is 12.4. The Kier molecular flexibility index (Phi) is 9.12. The van der Waals surface area contributed by atoms with Crippen LogP contribution in [0, 0.1) is 21.8 Å². The van der Waals surface area contributed by atoms with E-state index in [2.05, 4.69) is 30.7 Å². The lowest BCUT2D eigenvalue weighted by Crippen LogP contribution is -2.34. The number of nitro groups is 1. The smallest absolute Gasteiger partial charge is 0.405 e. The first kappa shape index (κ1) is 28.0. The zero-order valence-electron chi connectivity index (χ0n) is 20.9. The number of anilines is 2. The van der Waals surface area contributed by atoms with Crippen molar-refractivity contribution >= 4 is 17.5 Å². The lowest BCUT2D eigenvalue weighted by Gasteiger charge is -2.29. The van der Waals surface area contributed by atoms with Crippen molar-refractivity contribution in [1.29, 1.82) is 0 Å². The minimum atomic E-state index is -4.84. The van der Waals surface area contributed by atoms with Crippen LogP contribution in [0.25, 0.3) is 0 Å². The summed E-state index contributed by atoms with van der Waals surface area (Å²) in [5.74, 6) is -0.297. The van der Waals surface area contributed by atoms with E-state index in [0.29, 0.717) is 19.1 Å². The number of benzene rings is 2. The molecule has 2 aromatic carbocycles. The number of aromatic nitrogens is 2. The highest BCUT2D eigenvalue weighted by molar-refractivity contribution is 5.57. The van der Waals surface area contributed by atoms with Crippen molar-refractivity contribution < 1.29 is 27.2 Å². The zero-order chi connectivity index (χ0) is 27.8. The molecule has 1 aliphatic rings. The van der Waals surface area contributed by atoms with Gasteiger partial charge in [0.1, 0.15) is 17.8 Å². The number of ether oxygens (including phenoxy) is 1. The highest BCUT2D eigenvalue weighted by Gasteiger charge is 2.32. The van der Waals surface area contributed by atoms with Crippen LogP contribution < -0.4 is 20.7 Å². The van der Waals surface area contributed by atoms with Crippen LogP contribution in [0.5, 0.6) is 5.75 Å². The van der Waals surface area contributed by atoms with Gasteiger partial charge in [-0.25, -0.2) is 9.37 Å². The molecule has 39 heavy (non-hydrogen) atoms. The molecule has 0 atom stereocenters. The van der Waals surface area contributed by atoms with Crippen LogP contribution in [0.4, 0.5) is 35.0 Å². The van der Waals surface area contributed by atoms with Crippen LogP contribution in [0.15, 0.2) is 54.7 Å².